The van der Waals surface area contributed by atoms with Crippen LogP contribution in [0, 0.1) is 0 Å². The van der Waals surface area contributed by atoms with Crippen molar-refractivity contribution in [1.29, 1.82) is 0 Å². The zero-order chi connectivity index (χ0) is 11.9. The van der Waals surface area contributed by atoms with Crippen molar-refractivity contribution in [1.82, 2.24) is 15.0 Å². The minimum Gasteiger partial charge on any atom is -0.370 e. The molecule has 0 radical (unpaired) electrons. The Labute approximate surface area is 105 Å². The third kappa shape index (κ3) is 3.71. The van der Waals surface area contributed by atoms with Crippen molar-refractivity contribution >= 4 is 17.6 Å². The second-order valence-electron chi connectivity index (χ2n) is 3.40. The average Bonchev–Trinajstić information content (AvgIpc) is 2.40. The Bertz CT molecular complexity index is 444. The Morgan fingerprint density at radius 2 is 2.00 bits per heavy atom. The first-order valence-corrected chi connectivity index (χ1v) is 6.45. The van der Waals surface area contributed by atoms with Gasteiger partial charge in [0.25, 0.3) is 0 Å². The number of anilines is 1. The Balaban J connectivity index is 1.91. The molecular weight excluding hydrogens is 232 g/mol. The first kappa shape index (κ1) is 11.9. The van der Waals surface area contributed by atoms with E-state index in [1.807, 2.05) is 18.3 Å². The second-order valence-corrected chi connectivity index (χ2v) is 4.34. The maximum atomic E-state index is 4.32. The molecule has 0 amide bonds. The van der Waals surface area contributed by atoms with E-state index in [0.29, 0.717) is 0 Å². The van der Waals surface area contributed by atoms with Gasteiger partial charge in [-0.3, -0.25) is 0 Å². The number of aromatic nitrogens is 3. The van der Waals surface area contributed by atoms with E-state index in [4.69, 9.17) is 0 Å². The Kier molecular flexibility index (Phi) is 4.32. The summed E-state index contributed by atoms with van der Waals surface area (Å²) in [7, 11) is 0. The molecule has 1 N–H and O–H groups in total. The lowest BCUT2D eigenvalue weighted by Gasteiger charge is -2.03. The number of pyridine rings is 1. The topological polar surface area (TPSA) is 50.7 Å². The molecule has 0 fully saturated rings. The lowest BCUT2D eigenvalue weighted by molar-refractivity contribution is 0.966. The molecule has 2 rings (SSSR count). The van der Waals surface area contributed by atoms with Gasteiger partial charge in [-0.05, 0) is 24.6 Å². The van der Waals surface area contributed by atoms with Crippen LogP contribution in [0.3, 0.4) is 0 Å². The predicted molar refractivity (Wildman–Crippen MR) is 70.0 cm³/mol. The number of nitrogens with one attached hydrogen (secondary N) is 1. The normalized spacial score (nSPS) is 10.2. The molecule has 0 saturated heterocycles. The van der Waals surface area contributed by atoms with Gasteiger partial charge in [0.2, 0.25) is 0 Å². The van der Waals surface area contributed by atoms with E-state index in [1.165, 1.54) is 5.56 Å². The maximum absolute atomic E-state index is 4.32. The smallest absolute Gasteiger partial charge is 0.187 e. The van der Waals surface area contributed by atoms with Gasteiger partial charge in [-0.15, -0.1) is 0 Å². The van der Waals surface area contributed by atoms with E-state index < -0.39 is 0 Å². The monoisotopic (exact) mass is 246 g/mol. The van der Waals surface area contributed by atoms with Crippen molar-refractivity contribution in [3.63, 3.8) is 0 Å². The summed E-state index contributed by atoms with van der Waals surface area (Å²) < 4.78 is 0. The molecule has 88 valence electrons. The van der Waals surface area contributed by atoms with Crippen LogP contribution in [0.25, 0.3) is 0 Å². The van der Waals surface area contributed by atoms with Crippen LogP contribution in [-0.2, 0) is 5.75 Å². The molecule has 0 saturated carbocycles. The Morgan fingerprint density at radius 1 is 1.18 bits per heavy atom. The van der Waals surface area contributed by atoms with Crippen LogP contribution in [0.15, 0.2) is 41.9 Å². The predicted octanol–water partition coefficient (Wildman–Crippen LogP) is 2.60. The summed E-state index contributed by atoms with van der Waals surface area (Å²) in [6.45, 7) is 2.94. The van der Waals surface area contributed by atoms with Gasteiger partial charge in [0.15, 0.2) is 5.16 Å². The van der Waals surface area contributed by atoms with Crippen LogP contribution < -0.4 is 5.32 Å². The standard InChI is InChI=1S/C12H14N4S/c1-2-13-11-5-4-10(8-16-11)9-17-12-14-6-3-7-15-12/h3-8H,2,9H2,1H3,(H,13,16). The number of hydrogen-bond donors (Lipinski definition) is 1. The molecule has 4 nitrogen and oxygen atoms in total. The highest BCUT2D eigenvalue weighted by atomic mass is 32.2. The lowest BCUT2D eigenvalue weighted by atomic mass is 10.3. The molecule has 2 heterocycles. The summed E-state index contributed by atoms with van der Waals surface area (Å²) in [5.41, 5.74) is 1.17. The molecule has 0 spiro atoms. The first-order valence-electron chi connectivity index (χ1n) is 5.47. The number of hydrogen-bond acceptors (Lipinski definition) is 5. The fourth-order valence-corrected chi connectivity index (χ4v) is 2.04. The van der Waals surface area contributed by atoms with Crippen molar-refractivity contribution in [3.05, 3.63) is 42.4 Å². The fourth-order valence-electron chi connectivity index (χ4n) is 1.30. The van der Waals surface area contributed by atoms with E-state index in [1.54, 1.807) is 24.2 Å². The third-order valence-electron chi connectivity index (χ3n) is 2.09. The highest BCUT2D eigenvalue weighted by Crippen LogP contribution is 2.18. The molecule has 0 aromatic carbocycles. The molecule has 0 aliphatic rings. The van der Waals surface area contributed by atoms with Crippen LogP contribution in [-0.4, -0.2) is 21.5 Å². The summed E-state index contributed by atoms with van der Waals surface area (Å²) in [5.74, 6) is 1.75. The molecule has 0 aliphatic heterocycles. The Hall–Kier alpha value is -1.62. The van der Waals surface area contributed by atoms with Crippen molar-refractivity contribution in [2.45, 2.75) is 17.8 Å². The molecule has 5 heteroatoms. The summed E-state index contributed by atoms with van der Waals surface area (Å²) in [6, 6.07) is 5.88. The number of thioether (sulfide) groups is 1. The largest absolute Gasteiger partial charge is 0.370 e. The summed E-state index contributed by atoms with van der Waals surface area (Å²) >= 11 is 1.61. The minimum absolute atomic E-state index is 0.795. The van der Waals surface area contributed by atoms with E-state index in [0.717, 1.165) is 23.3 Å². The van der Waals surface area contributed by atoms with Crippen LogP contribution in [0.2, 0.25) is 0 Å². The van der Waals surface area contributed by atoms with E-state index in [-0.39, 0.29) is 0 Å². The van der Waals surface area contributed by atoms with Crippen molar-refractivity contribution in [3.8, 4) is 0 Å². The summed E-state index contributed by atoms with van der Waals surface area (Å²) in [5, 5.41) is 3.96. The van der Waals surface area contributed by atoms with Gasteiger partial charge in [0.1, 0.15) is 5.82 Å². The van der Waals surface area contributed by atoms with Crippen LogP contribution in [0.1, 0.15) is 12.5 Å². The van der Waals surface area contributed by atoms with Gasteiger partial charge in [0.05, 0.1) is 0 Å². The summed E-state index contributed by atoms with van der Waals surface area (Å²) in [4.78, 5) is 12.6. The minimum atomic E-state index is 0.795. The summed E-state index contributed by atoms with van der Waals surface area (Å²) in [6.07, 6.45) is 5.39. The van der Waals surface area contributed by atoms with Crippen molar-refractivity contribution < 1.29 is 0 Å². The maximum Gasteiger partial charge on any atom is 0.187 e. The molecule has 2 aromatic rings. The zero-order valence-corrected chi connectivity index (χ0v) is 10.4. The molecular formula is C12H14N4S. The van der Waals surface area contributed by atoms with Crippen LogP contribution in [0.4, 0.5) is 5.82 Å². The molecule has 2 aromatic heterocycles. The van der Waals surface area contributed by atoms with Gasteiger partial charge in [-0.25, -0.2) is 15.0 Å². The van der Waals surface area contributed by atoms with Gasteiger partial charge in [0, 0.05) is 30.9 Å². The van der Waals surface area contributed by atoms with E-state index in [2.05, 4.69) is 33.3 Å². The lowest BCUT2D eigenvalue weighted by Crippen LogP contribution is -1.98. The SMILES string of the molecule is CCNc1ccc(CSc2ncccn2)cn1. The van der Waals surface area contributed by atoms with E-state index in [9.17, 15) is 0 Å². The molecule has 0 atom stereocenters. The average molecular weight is 246 g/mol. The second kappa shape index (κ2) is 6.20. The zero-order valence-electron chi connectivity index (χ0n) is 9.63. The van der Waals surface area contributed by atoms with Gasteiger partial charge >= 0.3 is 0 Å². The van der Waals surface area contributed by atoms with Gasteiger partial charge in [-0.1, -0.05) is 17.8 Å². The highest BCUT2D eigenvalue weighted by molar-refractivity contribution is 7.98. The fraction of sp³-hybridized carbons (Fsp3) is 0.250. The molecule has 17 heavy (non-hydrogen) atoms. The van der Waals surface area contributed by atoms with E-state index >= 15 is 0 Å². The van der Waals surface area contributed by atoms with Crippen LogP contribution >= 0.6 is 11.8 Å². The first-order chi connectivity index (χ1) is 8.38. The van der Waals surface area contributed by atoms with Crippen LogP contribution in [0.5, 0.6) is 0 Å². The third-order valence-corrected chi connectivity index (χ3v) is 3.04. The molecule has 0 unspecified atom stereocenters. The highest BCUT2D eigenvalue weighted by Gasteiger charge is 1.99. The van der Waals surface area contributed by atoms with Gasteiger partial charge < -0.3 is 5.32 Å². The Morgan fingerprint density at radius 3 is 2.65 bits per heavy atom. The molecule has 0 bridgehead atoms. The number of rotatable bonds is 5. The number of nitrogens with zero attached hydrogens (tertiary/aromatic N) is 3. The quantitative estimate of drug-likeness (QED) is 0.649. The van der Waals surface area contributed by atoms with Gasteiger partial charge in [-0.2, -0.15) is 0 Å². The van der Waals surface area contributed by atoms with Crippen molar-refractivity contribution in [2.75, 3.05) is 11.9 Å². The van der Waals surface area contributed by atoms with Crippen molar-refractivity contribution in [2.24, 2.45) is 0 Å². The molecule has 0 aliphatic carbocycles.